The van der Waals surface area contributed by atoms with E-state index in [2.05, 4.69) is 15.4 Å². The molecule has 2 aliphatic heterocycles. The van der Waals surface area contributed by atoms with Gasteiger partial charge in [0, 0.05) is 19.0 Å². The number of halogens is 3. The molecule has 3 rings (SSSR count). The smallest absolute Gasteiger partial charge is 0.383 e. The summed E-state index contributed by atoms with van der Waals surface area (Å²) in [6, 6.07) is -2.35. The minimum atomic E-state index is -5.02. The molecule has 0 unspecified atom stereocenters. The third kappa shape index (κ3) is 5.54. The molecule has 12 heteroatoms. The molecule has 3 amide bonds. The third-order valence-corrected chi connectivity index (χ3v) is 7.37. The Kier molecular flexibility index (Phi) is 7.61. The Labute approximate surface area is 195 Å². The summed E-state index contributed by atoms with van der Waals surface area (Å²) in [6.07, 6.45) is -5.28. The number of piperidine rings is 1. The second-order valence-electron chi connectivity index (χ2n) is 9.97. The number of likely N-dealkylation sites (tertiary alicyclic amines) is 1. The van der Waals surface area contributed by atoms with Gasteiger partial charge in [-0.15, -0.1) is 13.2 Å². The molecular weight excluding hydrogens is 459 g/mol. The highest BCUT2D eigenvalue weighted by molar-refractivity contribution is 5.95. The second-order valence-corrected chi connectivity index (χ2v) is 9.97. The second kappa shape index (κ2) is 9.80. The van der Waals surface area contributed by atoms with Crippen molar-refractivity contribution in [3.8, 4) is 0 Å². The SMILES string of the molecule is CCC[C@@H](O)C(=O)N1C[C@H]2[C@@H]([C@H]1C(=O)N[C@@H](C[C@@H]1CCNC1=O)C(=O)COC(F)(F)F)C2(C)C. The van der Waals surface area contributed by atoms with Gasteiger partial charge in [0.2, 0.25) is 11.8 Å². The number of amides is 3. The predicted octanol–water partition coefficient (Wildman–Crippen LogP) is 0.747. The first-order valence-corrected chi connectivity index (χ1v) is 11.6. The van der Waals surface area contributed by atoms with Crippen LogP contribution < -0.4 is 10.6 Å². The molecule has 3 N–H and O–H groups in total. The van der Waals surface area contributed by atoms with Crippen LogP contribution in [-0.4, -0.2) is 77.8 Å². The maximum Gasteiger partial charge on any atom is 0.522 e. The number of carbonyl (C=O) groups excluding carboxylic acids is 4. The van der Waals surface area contributed by atoms with Crippen LogP contribution >= 0.6 is 0 Å². The maximum absolute atomic E-state index is 13.3. The molecule has 192 valence electrons. The largest absolute Gasteiger partial charge is 0.522 e. The zero-order valence-corrected chi connectivity index (χ0v) is 19.5. The van der Waals surface area contributed by atoms with E-state index >= 15 is 0 Å². The highest BCUT2D eigenvalue weighted by atomic mass is 19.4. The van der Waals surface area contributed by atoms with Gasteiger partial charge in [0.05, 0.1) is 6.04 Å². The number of ketones is 1. The summed E-state index contributed by atoms with van der Waals surface area (Å²) >= 11 is 0. The molecule has 3 fully saturated rings. The highest BCUT2D eigenvalue weighted by Gasteiger charge is 2.69. The van der Waals surface area contributed by atoms with Crippen LogP contribution in [0.15, 0.2) is 0 Å². The van der Waals surface area contributed by atoms with Crippen LogP contribution in [0.1, 0.15) is 46.5 Å². The van der Waals surface area contributed by atoms with Gasteiger partial charge < -0.3 is 20.6 Å². The van der Waals surface area contributed by atoms with Gasteiger partial charge in [-0.3, -0.25) is 23.9 Å². The van der Waals surface area contributed by atoms with E-state index in [0.717, 1.165) is 0 Å². The van der Waals surface area contributed by atoms with E-state index in [0.29, 0.717) is 19.4 Å². The summed E-state index contributed by atoms with van der Waals surface area (Å²) in [5.74, 6) is -3.43. The Morgan fingerprint density at radius 2 is 2.00 bits per heavy atom. The average molecular weight is 492 g/mol. The first-order chi connectivity index (χ1) is 15.8. The minimum Gasteiger partial charge on any atom is -0.383 e. The van der Waals surface area contributed by atoms with Crippen LogP contribution in [0.2, 0.25) is 0 Å². The normalized spacial score (nSPS) is 29.3. The van der Waals surface area contributed by atoms with Crippen LogP contribution in [0.4, 0.5) is 13.2 Å². The van der Waals surface area contributed by atoms with E-state index in [1.54, 1.807) is 0 Å². The molecule has 0 radical (unpaired) electrons. The first kappa shape index (κ1) is 26.4. The number of Topliss-reactive ketones (excluding diaryl/α,β-unsaturated/α-hetero) is 1. The van der Waals surface area contributed by atoms with Crippen molar-refractivity contribution in [3.63, 3.8) is 0 Å². The Balaban J connectivity index is 1.77. The van der Waals surface area contributed by atoms with Gasteiger partial charge in [0.15, 0.2) is 5.78 Å². The van der Waals surface area contributed by atoms with Crippen LogP contribution in [0.3, 0.4) is 0 Å². The van der Waals surface area contributed by atoms with Crippen molar-refractivity contribution in [1.29, 1.82) is 0 Å². The average Bonchev–Trinajstić information content (AvgIpc) is 3.11. The zero-order valence-electron chi connectivity index (χ0n) is 19.5. The molecule has 0 spiro atoms. The van der Waals surface area contributed by atoms with E-state index in [-0.39, 0.29) is 42.5 Å². The van der Waals surface area contributed by atoms with Crippen molar-refractivity contribution >= 4 is 23.5 Å². The number of fused-ring (bicyclic) bond motifs is 1. The molecule has 2 heterocycles. The minimum absolute atomic E-state index is 0.0318. The van der Waals surface area contributed by atoms with Gasteiger partial charge >= 0.3 is 6.36 Å². The van der Waals surface area contributed by atoms with Crippen molar-refractivity contribution in [2.24, 2.45) is 23.2 Å². The van der Waals surface area contributed by atoms with Crippen molar-refractivity contribution in [1.82, 2.24) is 15.5 Å². The Bertz CT molecular complexity index is 833. The van der Waals surface area contributed by atoms with E-state index in [1.165, 1.54) is 4.90 Å². The van der Waals surface area contributed by atoms with Gasteiger partial charge in [-0.25, -0.2) is 0 Å². The van der Waals surface area contributed by atoms with Crippen LogP contribution in [0, 0.1) is 23.2 Å². The number of carbonyl (C=O) groups is 4. The van der Waals surface area contributed by atoms with Gasteiger partial charge in [-0.1, -0.05) is 27.2 Å². The fraction of sp³-hybridized carbons (Fsp3) is 0.818. The Morgan fingerprint density at radius 1 is 1.32 bits per heavy atom. The zero-order chi connectivity index (χ0) is 25.4. The van der Waals surface area contributed by atoms with E-state index in [9.17, 15) is 37.5 Å². The summed E-state index contributed by atoms with van der Waals surface area (Å²) in [6.45, 7) is 5.06. The summed E-state index contributed by atoms with van der Waals surface area (Å²) in [5.41, 5.74) is -0.237. The van der Waals surface area contributed by atoms with Gasteiger partial charge in [0.25, 0.3) is 5.91 Å². The lowest BCUT2D eigenvalue weighted by Crippen LogP contribution is -2.56. The molecule has 1 saturated carbocycles. The first-order valence-electron chi connectivity index (χ1n) is 11.6. The molecule has 0 aromatic carbocycles. The standard InChI is InChI=1S/C22H32F3N3O6/c1-4-5-14(29)20(33)28-9-12-16(21(12,2)3)17(28)19(32)27-13(8-11-6-7-26-18(11)31)15(30)10-34-22(23,24)25/h11-14,16-17,29H,4-10H2,1-3H3,(H,26,31)(H,27,32)/t11-,12-,13-,14+,16-,17-/m0/s1. The number of nitrogens with one attached hydrogen (secondary N) is 2. The molecule has 2 saturated heterocycles. The number of alkyl halides is 3. The molecular formula is C22H32F3N3O6. The van der Waals surface area contributed by atoms with E-state index in [4.69, 9.17) is 0 Å². The van der Waals surface area contributed by atoms with Gasteiger partial charge in [0.1, 0.15) is 18.8 Å². The van der Waals surface area contributed by atoms with Crippen LogP contribution in [0.5, 0.6) is 0 Å². The maximum atomic E-state index is 13.3. The number of aliphatic hydroxyl groups excluding tert-OH is 1. The van der Waals surface area contributed by atoms with Crippen LogP contribution in [0.25, 0.3) is 0 Å². The molecule has 0 aromatic rings. The number of rotatable bonds is 10. The summed E-state index contributed by atoms with van der Waals surface area (Å²) < 4.78 is 41.1. The van der Waals surface area contributed by atoms with Crippen molar-refractivity contribution in [3.05, 3.63) is 0 Å². The predicted molar refractivity (Wildman–Crippen MR) is 112 cm³/mol. The van der Waals surface area contributed by atoms with Crippen molar-refractivity contribution in [2.45, 2.75) is 71.0 Å². The lowest BCUT2D eigenvalue weighted by atomic mass is 9.94. The fourth-order valence-corrected chi connectivity index (χ4v) is 5.34. The van der Waals surface area contributed by atoms with E-state index in [1.807, 2.05) is 20.8 Å². The van der Waals surface area contributed by atoms with Gasteiger partial charge in [-0.05, 0) is 36.5 Å². The highest BCUT2D eigenvalue weighted by Crippen LogP contribution is 2.64. The molecule has 9 nitrogen and oxygen atoms in total. The lowest BCUT2D eigenvalue weighted by Gasteiger charge is -2.32. The van der Waals surface area contributed by atoms with E-state index < -0.39 is 54.7 Å². The van der Waals surface area contributed by atoms with Crippen molar-refractivity contribution in [2.75, 3.05) is 19.7 Å². The summed E-state index contributed by atoms with van der Waals surface area (Å²) in [5, 5.41) is 15.3. The number of nitrogens with zero attached hydrogens (tertiary/aromatic N) is 1. The van der Waals surface area contributed by atoms with Gasteiger partial charge in [-0.2, -0.15) is 0 Å². The Hall–Kier alpha value is -2.21. The molecule has 0 aromatic heterocycles. The monoisotopic (exact) mass is 491 g/mol. The molecule has 34 heavy (non-hydrogen) atoms. The number of aliphatic hydroxyl groups is 1. The van der Waals surface area contributed by atoms with Crippen molar-refractivity contribution < 1.29 is 42.2 Å². The summed E-state index contributed by atoms with van der Waals surface area (Å²) in [7, 11) is 0. The lowest BCUT2D eigenvalue weighted by molar-refractivity contribution is -0.321. The van der Waals surface area contributed by atoms with Crippen LogP contribution in [-0.2, 0) is 23.9 Å². The quantitative estimate of drug-likeness (QED) is 0.414. The number of ether oxygens (including phenoxy) is 1. The summed E-state index contributed by atoms with van der Waals surface area (Å²) in [4.78, 5) is 52.0. The fourth-order valence-electron chi connectivity index (χ4n) is 5.34. The molecule has 0 bridgehead atoms. The molecule has 6 atom stereocenters. The third-order valence-electron chi connectivity index (χ3n) is 7.37. The Morgan fingerprint density at radius 3 is 2.56 bits per heavy atom. The molecule has 3 aliphatic rings. The number of hydrogen-bond donors (Lipinski definition) is 3. The number of hydrogen-bond acceptors (Lipinski definition) is 6. The molecule has 1 aliphatic carbocycles. The topological polar surface area (TPSA) is 125 Å².